The second kappa shape index (κ2) is 5.88. The summed E-state index contributed by atoms with van der Waals surface area (Å²) in [6.07, 6.45) is 0.592. The number of hydrogen-bond donors (Lipinski definition) is 1. The first-order valence-corrected chi connectivity index (χ1v) is 5.60. The Labute approximate surface area is 97.7 Å². The van der Waals surface area contributed by atoms with Crippen LogP contribution in [-0.4, -0.2) is 12.0 Å². The maximum atomic E-state index is 11.3. The molecule has 0 saturated carbocycles. The zero-order valence-electron chi connectivity index (χ0n) is 8.57. The van der Waals surface area contributed by atoms with Crippen LogP contribution in [-0.2, 0) is 16.1 Å². The molecule has 15 heavy (non-hydrogen) atoms. The molecule has 4 heteroatoms. The van der Waals surface area contributed by atoms with Gasteiger partial charge in [0, 0.05) is 10.0 Å². The second-order valence-corrected chi connectivity index (χ2v) is 4.07. The van der Waals surface area contributed by atoms with E-state index in [0.29, 0.717) is 6.42 Å². The van der Waals surface area contributed by atoms with Crippen molar-refractivity contribution in [1.29, 1.82) is 0 Å². The third kappa shape index (κ3) is 3.64. The van der Waals surface area contributed by atoms with E-state index in [9.17, 15) is 4.79 Å². The fraction of sp³-hybridized carbons (Fsp3) is 0.364. The van der Waals surface area contributed by atoms with Crippen LogP contribution in [0.15, 0.2) is 28.7 Å². The molecular weight excluding hydrogens is 258 g/mol. The largest absolute Gasteiger partial charge is 0.460 e. The van der Waals surface area contributed by atoms with Gasteiger partial charge in [-0.25, -0.2) is 0 Å². The Morgan fingerprint density at radius 3 is 2.80 bits per heavy atom. The number of carbonyl (C=O) groups is 1. The van der Waals surface area contributed by atoms with Crippen molar-refractivity contribution < 1.29 is 9.53 Å². The summed E-state index contributed by atoms with van der Waals surface area (Å²) in [5.41, 5.74) is 6.47. The van der Waals surface area contributed by atoms with Crippen molar-refractivity contribution >= 4 is 21.9 Å². The Hall–Kier alpha value is -0.870. The molecule has 2 N–H and O–H groups in total. The van der Waals surface area contributed by atoms with Gasteiger partial charge in [0.05, 0.1) is 0 Å². The molecule has 0 radical (unpaired) electrons. The van der Waals surface area contributed by atoms with Crippen LogP contribution in [0, 0.1) is 0 Å². The second-order valence-electron chi connectivity index (χ2n) is 3.21. The van der Waals surface area contributed by atoms with Crippen molar-refractivity contribution in [3.63, 3.8) is 0 Å². The lowest BCUT2D eigenvalue weighted by Crippen LogP contribution is -2.31. The summed E-state index contributed by atoms with van der Waals surface area (Å²) in [6.45, 7) is 2.11. The Morgan fingerprint density at radius 1 is 1.53 bits per heavy atom. The van der Waals surface area contributed by atoms with Crippen molar-refractivity contribution in [3.8, 4) is 0 Å². The molecule has 0 aliphatic heterocycles. The van der Waals surface area contributed by atoms with E-state index >= 15 is 0 Å². The van der Waals surface area contributed by atoms with Gasteiger partial charge in [-0.1, -0.05) is 41.1 Å². The average molecular weight is 272 g/mol. The number of halogens is 1. The Morgan fingerprint density at radius 2 is 2.20 bits per heavy atom. The van der Waals surface area contributed by atoms with Crippen molar-refractivity contribution in [2.75, 3.05) is 0 Å². The number of hydrogen-bond acceptors (Lipinski definition) is 3. The molecule has 0 aliphatic carbocycles. The smallest absolute Gasteiger partial charge is 0.323 e. The van der Waals surface area contributed by atoms with Gasteiger partial charge >= 0.3 is 5.97 Å². The molecule has 0 aromatic heterocycles. The van der Waals surface area contributed by atoms with Crippen LogP contribution in [0.4, 0.5) is 0 Å². The van der Waals surface area contributed by atoms with Gasteiger partial charge in [0.1, 0.15) is 12.6 Å². The quantitative estimate of drug-likeness (QED) is 0.855. The van der Waals surface area contributed by atoms with Crippen LogP contribution in [0.25, 0.3) is 0 Å². The van der Waals surface area contributed by atoms with Crippen molar-refractivity contribution in [1.82, 2.24) is 0 Å². The van der Waals surface area contributed by atoms with Crippen molar-refractivity contribution in [2.45, 2.75) is 26.0 Å². The Kier molecular flexibility index (Phi) is 4.78. The number of carbonyl (C=O) groups excluding carboxylic acids is 1. The minimum atomic E-state index is -0.521. The van der Waals surface area contributed by atoms with E-state index in [0.717, 1.165) is 10.0 Å². The summed E-state index contributed by atoms with van der Waals surface area (Å²) < 4.78 is 6.00. The van der Waals surface area contributed by atoms with Gasteiger partial charge in [0.25, 0.3) is 0 Å². The van der Waals surface area contributed by atoms with Crippen LogP contribution >= 0.6 is 15.9 Å². The van der Waals surface area contributed by atoms with E-state index in [1.807, 2.05) is 31.2 Å². The molecule has 1 aromatic carbocycles. The maximum absolute atomic E-state index is 11.3. The molecule has 0 amide bonds. The molecule has 1 rings (SSSR count). The SMILES string of the molecule is CC[C@@H](N)C(=O)OCc1ccccc1Br. The molecule has 0 bridgehead atoms. The van der Waals surface area contributed by atoms with Gasteiger partial charge in [0.2, 0.25) is 0 Å². The fourth-order valence-corrected chi connectivity index (χ4v) is 1.44. The molecule has 0 unspecified atom stereocenters. The van der Waals surface area contributed by atoms with Gasteiger partial charge in [0.15, 0.2) is 0 Å². The molecule has 1 atom stereocenters. The minimum Gasteiger partial charge on any atom is -0.460 e. The lowest BCUT2D eigenvalue weighted by atomic mass is 10.2. The lowest BCUT2D eigenvalue weighted by Gasteiger charge is -2.10. The van der Waals surface area contributed by atoms with E-state index in [4.69, 9.17) is 10.5 Å². The van der Waals surface area contributed by atoms with Crippen molar-refractivity contribution in [2.24, 2.45) is 5.73 Å². The summed E-state index contributed by atoms with van der Waals surface area (Å²) in [6, 6.07) is 7.09. The van der Waals surface area contributed by atoms with E-state index in [1.54, 1.807) is 0 Å². The monoisotopic (exact) mass is 271 g/mol. The molecule has 3 nitrogen and oxygen atoms in total. The maximum Gasteiger partial charge on any atom is 0.323 e. The molecular formula is C11H14BrNO2. The third-order valence-corrected chi connectivity index (χ3v) is 2.84. The molecule has 0 heterocycles. The molecule has 0 aliphatic rings. The van der Waals surface area contributed by atoms with Crippen LogP contribution in [0.5, 0.6) is 0 Å². The zero-order valence-corrected chi connectivity index (χ0v) is 10.2. The first-order chi connectivity index (χ1) is 7.15. The molecule has 1 aromatic rings. The highest BCUT2D eigenvalue weighted by Gasteiger charge is 2.12. The van der Waals surface area contributed by atoms with E-state index in [1.165, 1.54) is 0 Å². The Bertz CT molecular complexity index is 341. The molecule has 0 saturated heterocycles. The number of rotatable bonds is 4. The predicted octanol–water partition coefficient (Wildman–Crippen LogP) is 2.23. The Balaban J connectivity index is 2.51. The molecule has 82 valence electrons. The number of nitrogens with two attached hydrogens (primary N) is 1. The van der Waals surface area contributed by atoms with E-state index in [2.05, 4.69) is 15.9 Å². The molecule has 0 fully saturated rings. The first-order valence-electron chi connectivity index (χ1n) is 4.80. The normalized spacial score (nSPS) is 12.2. The van der Waals surface area contributed by atoms with Crippen LogP contribution in [0.2, 0.25) is 0 Å². The number of benzene rings is 1. The summed E-state index contributed by atoms with van der Waals surface area (Å²) in [5.74, 6) is -0.353. The number of ether oxygens (including phenoxy) is 1. The standard InChI is InChI=1S/C11H14BrNO2/c1-2-10(13)11(14)15-7-8-5-3-4-6-9(8)12/h3-6,10H,2,7,13H2,1H3/t10-/m1/s1. The fourth-order valence-electron chi connectivity index (χ4n) is 1.04. The average Bonchev–Trinajstić information content (AvgIpc) is 2.26. The highest BCUT2D eigenvalue weighted by atomic mass is 79.9. The van der Waals surface area contributed by atoms with Crippen LogP contribution in [0.1, 0.15) is 18.9 Å². The van der Waals surface area contributed by atoms with E-state index < -0.39 is 6.04 Å². The summed E-state index contributed by atoms with van der Waals surface area (Å²) in [7, 11) is 0. The predicted molar refractivity (Wildman–Crippen MR) is 62.2 cm³/mol. The van der Waals surface area contributed by atoms with Crippen LogP contribution < -0.4 is 5.73 Å². The first kappa shape index (κ1) is 12.2. The lowest BCUT2D eigenvalue weighted by molar-refractivity contribution is -0.146. The topological polar surface area (TPSA) is 52.3 Å². The molecule has 0 spiro atoms. The highest BCUT2D eigenvalue weighted by Crippen LogP contribution is 2.16. The minimum absolute atomic E-state index is 0.258. The van der Waals surface area contributed by atoms with Crippen molar-refractivity contribution in [3.05, 3.63) is 34.3 Å². The van der Waals surface area contributed by atoms with E-state index in [-0.39, 0.29) is 12.6 Å². The van der Waals surface area contributed by atoms with Gasteiger partial charge in [-0.2, -0.15) is 0 Å². The van der Waals surface area contributed by atoms with Gasteiger partial charge in [-0.05, 0) is 12.5 Å². The van der Waals surface area contributed by atoms with Gasteiger partial charge in [-0.15, -0.1) is 0 Å². The summed E-state index contributed by atoms with van der Waals surface area (Å²) >= 11 is 3.38. The van der Waals surface area contributed by atoms with Gasteiger partial charge in [-0.3, -0.25) is 4.79 Å². The number of esters is 1. The zero-order chi connectivity index (χ0) is 11.3. The van der Waals surface area contributed by atoms with Gasteiger partial charge < -0.3 is 10.5 Å². The third-order valence-electron chi connectivity index (χ3n) is 2.07. The summed E-state index contributed by atoms with van der Waals surface area (Å²) in [5, 5.41) is 0. The summed E-state index contributed by atoms with van der Waals surface area (Å²) in [4.78, 5) is 11.3. The highest BCUT2D eigenvalue weighted by molar-refractivity contribution is 9.10. The van der Waals surface area contributed by atoms with Crippen LogP contribution in [0.3, 0.4) is 0 Å².